The van der Waals surface area contributed by atoms with Crippen LogP contribution in [0.3, 0.4) is 0 Å². The van der Waals surface area contributed by atoms with Crippen molar-refractivity contribution in [3.63, 3.8) is 0 Å². The Balaban J connectivity index is -0.0000000887. The summed E-state index contributed by atoms with van der Waals surface area (Å²) in [4.78, 5) is 0. The predicted molar refractivity (Wildman–Crippen MR) is 75.6 cm³/mol. The molecular weight excluding hydrogens is 388 g/mol. The van der Waals surface area contributed by atoms with Gasteiger partial charge in [0.05, 0.1) is 0 Å². The molecule has 0 fully saturated rings. The summed E-state index contributed by atoms with van der Waals surface area (Å²) < 4.78 is 34.1. The molecule has 1 atom stereocenters. The second kappa shape index (κ2) is 32.5. The van der Waals surface area contributed by atoms with Gasteiger partial charge in [-0.25, -0.2) is 0 Å². The molecule has 0 N–H and O–H groups in total. The van der Waals surface area contributed by atoms with Crippen molar-refractivity contribution in [3.8, 4) is 0 Å². The zero-order valence-electron chi connectivity index (χ0n) is 16.9. The Labute approximate surface area is 242 Å². The average Bonchev–Trinajstić information content (AvgIpc) is 2.38. The minimum Gasteiger partial charge on any atom is -0.855 e. The fourth-order valence-corrected chi connectivity index (χ4v) is 1.94. The van der Waals surface area contributed by atoms with Crippen molar-refractivity contribution in [3.05, 3.63) is 0 Å². The molecule has 0 rings (SSSR count). The molecule has 130 valence electrons. The summed E-state index contributed by atoms with van der Waals surface area (Å²) in [6, 6.07) is 0. The molecule has 0 aromatic carbocycles. The van der Waals surface area contributed by atoms with Crippen molar-refractivity contribution in [1.29, 1.82) is 0 Å². The third-order valence-corrected chi connectivity index (χ3v) is 3.07. The number of hydrogen-bond acceptors (Lipinski definition) is 6. The van der Waals surface area contributed by atoms with Crippen molar-refractivity contribution in [2.45, 2.75) is 83.7 Å². The van der Waals surface area contributed by atoms with E-state index in [1.54, 1.807) is 0 Å². The summed E-state index contributed by atoms with van der Waals surface area (Å²) in [6.07, 6.45) is 12.5. The Bertz CT molecular complexity index is 300. The van der Waals surface area contributed by atoms with E-state index in [1.807, 2.05) is 0 Å². The molecule has 0 aliphatic heterocycles. The summed E-state index contributed by atoms with van der Waals surface area (Å²) in [5, 5.41) is 21.0. The maximum absolute atomic E-state index is 10.8. The molecule has 0 heterocycles. The first-order valence-electron chi connectivity index (χ1n) is 7.71. The first kappa shape index (κ1) is 42.8. The molecule has 0 amide bonds. The van der Waals surface area contributed by atoms with E-state index in [9.17, 15) is 10.2 Å². The summed E-state index contributed by atoms with van der Waals surface area (Å²) in [5.74, 6) is 0. The number of hydrogen-bond donors (Lipinski definition) is 0. The summed E-state index contributed by atoms with van der Waals surface area (Å²) in [5.41, 5.74) is 0. The van der Waals surface area contributed by atoms with Crippen LogP contribution in [0.4, 0.5) is 0 Å². The minimum atomic E-state index is -5.17. The van der Waals surface area contributed by atoms with Gasteiger partial charge in [-0.05, 0) is 0 Å². The molecule has 0 saturated carbocycles. The van der Waals surface area contributed by atoms with Gasteiger partial charge in [0, 0.05) is 10.4 Å². The van der Waals surface area contributed by atoms with Crippen LogP contribution < -0.4 is 128 Å². The molecule has 6 nitrogen and oxygen atoms in total. The van der Waals surface area contributed by atoms with Crippen LogP contribution in [-0.4, -0.2) is 30.2 Å². The maximum Gasteiger partial charge on any atom is 1.00 e. The topological polar surface area (TPSA) is 126 Å². The number of unbranched alkanes of at least 4 members (excludes halogenated alkanes) is 9. The standard InChI is InChI=1S/C14H28O2.4Na.H2O4S/c1-2-3-4-5-6-7-8-9-10-11-12-14(16)13-15;;;;;1-5(2,3)4/h14H,2-13H2,1H3;;;;;(H2,1,2,3,4)/q-2;4*+1;/p-2. The molecule has 0 aromatic heterocycles. The van der Waals surface area contributed by atoms with Gasteiger partial charge in [-0.2, -0.15) is 6.61 Å². The van der Waals surface area contributed by atoms with E-state index in [0.717, 1.165) is 12.8 Å². The van der Waals surface area contributed by atoms with Gasteiger partial charge < -0.3 is 19.3 Å². The second-order valence-electron chi connectivity index (χ2n) is 5.17. The second-order valence-corrected chi connectivity index (χ2v) is 5.98. The summed E-state index contributed by atoms with van der Waals surface area (Å²) >= 11 is 0. The van der Waals surface area contributed by atoms with E-state index >= 15 is 0 Å². The van der Waals surface area contributed by atoms with Crippen molar-refractivity contribution >= 4 is 10.4 Å². The molecule has 25 heavy (non-hydrogen) atoms. The Kier molecular flexibility index (Phi) is 55.6. The van der Waals surface area contributed by atoms with E-state index in [4.69, 9.17) is 17.5 Å². The van der Waals surface area contributed by atoms with Gasteiger partial charge in [-0.1, -0.05) is 77.6 Å². The van der Waals surface area contributed by atoms with Gasteiger partial charge >= 0.3 is 118 Å². The monoisotopic (exact) mass is 416 g/mol. The molecule has 0 aliphatic carbocycles. The molecule has 1 unspecified atom stereocenters. The summed E-state index contributed by atoms with van der Waals surface area (Å²) in [7, 11) is -5.17. The average molecular weight is 416 g/mol. The molecule has 0 bridgehead atoms. The van der Waals surface area contributed by atoms with Crippen LogP contribution in [0.25, 0.3) is 0 Å². The van der Waals surface area contributed by atoms with E-state index in [2.05, 4.69) is 6.92 Å². The molecule has 11 heteroatoms. The molecule has 0 radical (unpaired) electrons. The van der Waals surface area contributed by atoms with Gasteiger partial charge in [0.2, 0.25) is 0 Å². The van der Waals surface area contributed by atoms with Crippen LogP contribution in [0.15, 0.2) is 0 Å². The fraction of sp³-hybridized carbons (Fsp3) is 1.00. The molecule has 0 saturated heterocycles. The van der Waals surface area contributed by atoms with Crippen molar-refractivity contribution in [2.24, 2.45) is 0 Å². The Morgan fingerprint density at radius 2 is 1.00 bits per heavy atom. The van der Waals surface area contributed by atoms with Crippen molar-refractivity contribution < 1.29 is 146 Å². The van der Waals surface area contributed by atoms with E-state index in [1.165, 1.54) is 51.4 Å². The quantitative estimate of drug-likeness (QED) is 0.135. The maximum atomic E-state index is 10.8. The smallest absolute Gasteiger partial charge is 0.855 e. The van der Waals surface area contributed by atoms with Crippen LogP contribution >= 0.6 is 0 Å². The Hall–Kier alpha value is 3.79. The van der Waals surface area contributed by atoms with Crippen LogP contribution in [0, 0.1) is 0 Å². The molecule has 0 spiro atoms. The van der Waals surface area contributed by atoms with Gasteiger partial charge in [-0.15, -0.1) is 6.10 Å². The predicted octanol–water partition coefficient (Wildman–Crippen LogP) is -10.9. The van der Waals surface area contributed by atoms with Crippen LogP contribution in [-0.2, 0) is 10.4 Å². The fourth-order valence-electron chi connectivity index (χ4n) is 1.94. The van der Waals surface area contributed by atoms with Crippen molar-refractivity contribution in [2.75, 3.05) is 6.61 Å². The molecular formula is C14H28Na4O6S. The van der Waals surface area contributed by atoms with Gasteiger partial charge in [0.25, 0.3) is 0 Å². The van der Waals surface area contributed by atoms with E-state index < -0.39 is 23.1 Å². The van der Waals surface area contributed by atoms with Crippen molar-refractivity contribution in [1.82, 2.24) is 0 Å². The largest absolute Gasteiger partial charge is 1.00 e. The Morgan fingerprint density at radius 1 is 0.720 bits per heavy atom. The first-order chi connectivity index (χ1) is 9.81. The first-order valence-corrected chi connectivity index (χ1v) is 9.05. The van der Waals surface area contributed by atoms with Gasteiger partial charge in [-0.3, -0.25) is 8.42 Å². The number of rotatable bonds is 12. The SMILES string of the molecule is CCCCCCCCCCCCC([O-])C[O-].O=S(=O)([O-])[O-].[Na+].[Na+].[Na+].[Na+]. The van der Waals surface area contributed by atoms with Crippen LogP contribution in [0.5, 0.6) is 0 Å². The molecule has 0 aromatic rings. The third kappa shape index (κ3) is 58.4. The van der Waals surface area contributed by atoms with Crippen LogP contribution in [0.1, 0.15) is 77.6 Å². The van der Waals surface area contributed by atoms with Gasteiger partial charge in [0.15, 0.2) is 0 Å². The van der Waals surface area contributed by atoms with Crippen LogP contribution in [0.2, 0.25) is 0 Å². The zero-order chi connectivity index (χ0) is 16.6. The van der Waals surface area contributed by atoms with E-state index in [-0.39, 0.29) is 118 Å². The van der Waals surface area contributed by atoms with Gasteiger partial charge in [0.1, 0.15) is 0 Å². The summed E-state index contributed by atoms with van der Waals surface area (Å²) in [6.45, 7) is 1.79. The Morgan fingerprint density at radius 3 is 1.28 bits per heavy atom. The zero-order valence-corrected chi connectivity index (χ0v) is 25.7. The normalized spacial score (nSPS) is 10.6. The van der Waals surface area contributed by atoms with E-state index in [0.29, 0.717) is 6.42 Å². The molecule has 0 aliphatic rings. The minimum absolute atomic E-state index is 0. The third-order valence-electron chi connectivity index (χ3n) is 3.07.